The number of nitro benzene ring substituents is 1. The molecule has 2 aliphatic rings. The SMILES string of the molecule is COC(=O)C1CCCN(C(=O)CN2C(=O)c3cccc([N+](=O)[O-])c3C2=O)C1. The van der Waals surface area contributed by atoms with Crippen LogP contribution in [-0.4, -0.2) is 65.2 Å². The molecule has 0 radical (unpaired) electrons. The number of piperidine rings is 1. The van der Waals surface area contributed by atoms with E-state index in [1.807, 2.05) is 0 Å². The molecule has 0 aliphatic carbocycles. The quantitative estimate of drug-likeness (QED) is 0.326. The predicted octanol–water partition coefficient (Wildman–Crippen LogP) is 0.602. The average molecular weight is 375 g/mol. The molecule has 1 aromatic carbocycles. The van der Waals surface area contributed by atoms with Gasteiger partial charge in [-0.3, -0.25) is 34.2 Å². The van der Waals surface area contributed by atoms with Gasteiger partial charge in [0.1, 0.15) is 12.1 Å². The second-order valence-corrected chi connectivity index (χ2v) is 6.36. The maximum atomic E-state index is 12.6. The van der Waals surface area contributed by atoms with E-state index in [0.717, 1.165) is 6.07 Å². The van der Waals surface area contributed by atoms with Gasteiger partial charge in [-0.15, -0.1) is 0 Å². The molecular weight excluding hydrogens is 358 g/mol. The van der Waals surface area contributed by atoms with E-state index in [2.05, 4.69) is 0 Å². The Morgan fingerprint density at radius 1 is 1.30 bits per heavy atom. The minimum atomic E-state index is -0.864. The molecule has 1 aromatic rings. The largest absolute Gasteiger partial charge is 0.469 e. The fraction of sp³-hybridized carbons (Fsp3) is 0.412. The number of benzene rings is 1. The highest BCUT2D eigenvalue weighted by molar-refractivity contribution is 6.24. The van der Waals surface area contributed by atoms with Crippen molar-refractivity contribution in [1.29, 1.82) is 0 Å². The van der Waals surface area contributed by atoms with E-state index in [0.29, 0.717) is 24.3 Å². The highest BCUT2D eigenvalue weighted by Gasteiger charge is 2.42. The summed E-state index contributed by atoms with van der Waals surface area (Å²) in [5, 5.41) is 11.1. The summed E-state index contributed by atoms with van der Waals surface area (Å²) in [6.45, 7) is 0.0157. The van der Waals surface area contributed by atoms with Crippen LogP contribution in [0.3, 0.4) is 0 Å². The fourth-order valence-electron chi connectivity index (χ4n) is 3.41. The van der Waals surface area contributed by atoms with Gasteiger partial charge in [0, 0.05) is 19.2 Å². The number of nitro groups is 1. The highest BCUT2D eigenvalue weighted by Crippen LogP contribution is 2.30. The first-order valence-electron chi connectivity index (χ1n) is 8.34. The van der Waals surface area contributed by atoms with Gasteiger partial charge in [0.15, 0.2) is 0 Å². The Hall–Kier alpha value is -3.30. The zero-order valence-electron chi connectivity index (χ0n) is 14.5. The van der Waals surface area contributed by atoms with Crippen LogP contribution >= 0.6 is 0 Å². The van der Waals surface area contributed by atoms with Crippen molar-refractivity contribution in [2.45, 2.75) is 12.8 Å². The molecular formula is C17H17N3O7. The zero-order chi connectivity index (χ0) is 19.7. The molecule has 3 amide bonds. The lowest BCUT2D eigenvalue weighted by atomic mass is 9.98. The highest BCUT2D eigenvalue weighted by atomic mass is 16.6. The Kier molecular flexibility index (Phi) is 4.89. The monoisotopic (exact) mass is 375 g/mol. The van der Waals surface area contributed by atoms with Gasteiger partial charge in [-0.05, 0) is 18.9 Å². The maximum Gasteiger partial charge on any atom is 0.310 e. The molecule has 1 atom stereocenters. The second kappa shape index (κ2) is 7.14. The van der Waals surface area contributed by atoms with E-state index < -0.39 is 46.8 Å². The van der Waals surface area contributed by atoms with Crippen LogP contribution in [0.4, 0.5) is 5.69 Å². The average Bonchev–Trinajstić information content (AvgIpc) is 2.92. The van der Waals surface area contributed by atoms with E-state index in [1.54, 1.807) is 0 Å². The predicted molar refractivity (Wildman–Crippen MR) is 89.8 cm³/mol. The van der Waals surface area contributed by atoms with Crippen molar-refractivity contribution < 1.29 is 28.8 Å². The summed E-state index contributed by atoms with van der Waals surface area (Å²) in [6.07, 6.45) is 1.19. The molecule has 2 heterocycles. The lowest BCUT2D eigenvalue weighted by molar-refractivity contribution is -0.385. The Morgan fingerprint density at radius 3 is 2.70 bits per heavy atom. The molecule has 142 valence electrons. The molecule has 10 nitrogen and oxygen atoms in total. The zero-order valence-corrected chi connectivity index (χ0v) is 14.5. The molecule has 0 saturated carbocycles. The van der Waals surface area contributed by atoms with Gasteiger partial charge in [0.25, 0.3) is 17.5 Å². The molecule has 2 aliphatic heterocycles. The number of ether oxygens (including phenoxy) is 1. The molecule has 1 unspecified atom stereocenters. The summed E-state index contributed by atoms with van der Waals surface area (Å²) < 4.78 is 4.70. The van der Waals surface area contributed by atoms with Crippen molar-refractivity contribution >= 4 is 29.4 Å². The number of hydrogen-bond donors (Lipinski definition) is 0. The second-order valence-electron chi connectivity index (χ2n) is 6.36. The van der Waals surface area contributed by atoms with Crippen LogP contribution in [0, 0.1) is 16.0 Å². The number of rotatable bonds is 4. The number of amides is 3. The number of carbonyl (C=O) groups is 4. The van der Waals surface area contributed by atoms with Gasteiger partial charge in [-0.25, -0.2) is 0 Å². The topological polar surface area (TPSA) is 127 Å². The third-order valence-electron chi connectivity index (χ3n) is 4.78. The van der Waals surface area contributed by atoms with Crippen LogP contribution in [0.2, 0.25) is 0 Å². The molecule has 3 rings (SSSR count). The molecule has 0 spiro atoms. The number of hydrogen-bond acceptors (Lipinski definition) is 7. The van der Waals surface area contributed by atoms with Gasteiger partial charge in [0.2, 0.25) is 5.91 Å². The first-order chi connectivity index (χ1) is 12.8. The van der Waals surface area contributed by atoms with Crippen LogP contribution in [0.15, 0.2) is 18.2 Å². The van der Waals surface area contributed by atoms with E-state index in [9.17, 15) is 29.3 Å². The number of imide groups is 1. The van der Waals surface area contributed by atoms with Crippen molar-refractivity contribution in [1.82, 2.24) is 9.80 Å². The molecule has 0 bridgehead atoms. The van der Waals surface area contributed by atoms with Crippen molar-refractivity contribution in [3.8, 4) is 0 Å². The van der Waals surface area contributed by atoms with Gasteiger partial charge >= 0.3 is 5.97 Å². The number of carbonyl (C=O) groups excluding carboxylic acids is 4. The summed E-state index contributed by atoms with van der Waals surface area (Å²) >= 11 is 0. The minimum absolute atomic E-state index is 0.0897. The summed E-state index contributed by atoms with van der Waals surface area (Å²) in [6, 6.07) is 3.78. The van der Waals surface area contributed by atoms with E-state index in [-0.39, 0.29) is 17.7 Å². The first kappa shape index (κ1) is 18.5. The number of likely N-dealkylation sites (tertiary alicyclic amines) is 1. The summed E-state index contributed by atoms with van der Waals surface area (Å²) in [5.74, 6) is -2.97. The van der Waals surface area contributed by atoms with Gasteiger partial charge in [0.05, 0.1) is 23.5 Å². The maximum absolute atomic E-state index is 12.6. The van der Waals surface area contributed by atoms with Gasteiger partial charge < -0.3 is 9.64 Å². The molecule has 27 heavy (non-hydrogen) atoms. The van der Waals surface area contributed by atoms with Crippen LogP contribution < -0.4 is 0 Å². The number of esters is 1. The fourth-order valence-corrected chi connectivity index (χ4v) is 3.41. The standard InChI is InChI=1S/C17H17N3O7/c1-27-17(24)10-4-3-7-18(8-10)13(21)9-19-15(22)11-5-2-6-12(20(25)26)14(11)16(19)23/h2,5-6,10H,3-4,7-9H2,1H3. The Balaban J connectivity index is 1.76. The van der Waals surface area contributed by atoms with Crippen LogP contribution in [0.5, 0.6) is 0 Å². The van der Waals surface area contributed by atoms with Gasteiger partial charge in [-0.2, -0.15) is 0 Å². The van der Waals surface area contributed by atoms with Gasteiger partial charge in [-0.1, -0.05) is 6.07 Å². The van der Waals surface area contributed by atoms with E-state index in [1.165, 1.54) is 24.1 Å². The van der Waals surface area contributed by atoms with E-state index >= 15 is 0 Å². The Labute approximate surface area is 153 Å². The Bertz CT molecular complexity index is 851. The number of methoxy groups -OCH3 is 1. The van der Waals surface area contributed by atoms with Crippen molar-refractivity contribution in [3.05, 3.63) is 39.4 Å². The minimum Gasteiger partial charge on any atom is -0.469 e. The molecule has 0 N–H and O–H groups in total. The number of nitrogens with zero attached hydrogens (tertiary/aromatic N) is 3. The molecule has 1 saturated heterocycles. The van der Waals surface area contributed by atoms with Crippen LogP contribution in [-0.2, 0) is 14.3 Å². The lowest BCUT2D eigenvalue weighted by Gasteiger charge is -2.32. The summed E-state index contributed by atoms with van der Waals surface area (Å²) in [7, 11) is 1.27. The normalized spacial score (nSPS) is 19.1. The van der Waals surface area contributed by atoms with Crippen molar-refractivity contribution in [2.75, 3.05) is 26.7 Å². The third kappa shape index (κ3) is 3.25. The summed E-state index contributed by atoms with van der Waals surface area (Å²) in [4.78, 5) is 61.7. The van der Waals surface area contributed by atoms with Crippen LogP contribution in [0.25, 0.3) is 0 Å². The first-order valence-corrected chi connectivity index (χ1v) is 8.34. The molecule has 1 fully saturated rings. The van der Waals surface area contributed by atoms with Crippen molar-refractivity contribution in [3.63, 3.8) is 0 Å². The molecule has 0 aromatic heterocycles. The summed E-state index contributed by atoms with van der Waals surface area (Å²) in [5.41, 5.74) is -0.857. The van der Waals surface area contributed by atoms with Crippen LogP contribution in [0.1, 0.15) is 33.6 Å². The smallest absolute Gasteiger partial charge is 0.310 e. The number of fused-ring (bicyclic) bond motifs is 1. The van der Waals surface area contributed by atoms with E-state index in [4.69, 9.17) is 4.74 Å². The van der Waals surface area contributed by atoms with Crippen molar-refractivity contribution in [2.24, 2.45) is 5.92 Å². The third-order valence-corrected chi connectivity index (χ3v) is 4.78. The lowest BCUT2D eigenvalue weighted by Crippen LogP contribution is -2.47. The molecule has 10 heteroatoms. The Morgan fingerprint density at radius 2 is 2.04 bits per heavy atom.